The summed E-state index contributed by atoms with van der Waals surface area (Å²) in [7, 11) is -3.30. The molecule has 2 aromatic rings. The second kappa shape index (κ2) is 9.74. The van der Waals surface area contributed by atoms with E-state index in [9.17, 15) is 18.5 Å². The monoisotopic (exact) mass is 485 g/mol. The number of carbonyl (C=O) groups excluding carboxylic acids is 1. The average Bonchev–Trinajstić information content (AvgIpc) is 3.56. The fraction of sp³-hybridized carbons (Fsp3) is 0.522. The molecule has 34 heavy (non-hydrogen) atoms. The van der Waals surface area contributed by atoms with Crippen molar-refractivity contribution in [3.63, 3.8) is 0 Å². The number of nitriles is 1. The molecule has 10 nitrogen and oxygen atoms in total. The standard InChI is InChI=1S/C23H31N7O3S/c1-34(32,33)28-20-6-2-17(3-7-20)15-29-12-9-23(8-11-24,10-13-29)30-16-19(14-25)21(27-30)26-22(31)18-4-5-18/h2-3,6-7,16,18,28H,4-5,8-10,12-15,25H2,1H3,(H,26,27,31). The van der Waals surface area contributed by atoms with Crippen LogP contribution < -0.4 is 15.8 Å². The van der Waals surface area contributed by atoms with E-state index in [2.05, 4.69) is 26.1 Å². The molecule has 0 unspecified atom stereocenters. The first-order valence-electron chi connectivity index (χ1n) is 11.5. The second-order valence-corrected chi connectivity index (χ2v) is 11.1. The Hall–Kier alpha value is -2.94. The second-order valence-electron chi connectivity index (χ2n) is 9.32. The van der Waals surface area contributed by atoms with Crippen LogP contribution in [-0.2, 0) is 33.4 Å². The third-order valence-corrected chi connectivity index (χ3v) is 7.15. The molecule has 1 saturated carbocycles. The van der Waals surface area contributed by atoms with Crippen LogP contribution in [0.25, 0.3) is 0 Å². The normalized spacial score (nSPS) is 18.3. The summed E-state index contributed by atoms with van der Waals surface area (Å²) in [6.45, 7) is 2.57. The molecule has 0 atom stereocenters. The van der Waals surface area contributed by atoms with E-state index in [-0.39, 0.29) is 18.4 Å². The lowest BCUT2D eigenvalue weighted by Gasteiger charge is -2.40. The van der Waals surface area contributed by atoms with Crippen molar-refractivity contribution in [2.45, 2.75) is 50.7 Å². The van der Waals surface area contributed by atoms with Gasteiger partial charge in [0.25, 0.3) is 0 Å². The highest BCUT2D eigenvalue weighted by atomic mass is 32.2. The van der Waals surface area contributed by atoms with Gasteiger partial charge in [-0.2, -0.15) is 10.4 Å². The molecule has 1 aromatic carbocycles. The largest absolute Gasteiger partial charge is 0.326 e. The minimum atomic E-state index is -3.30. The number of carbonyl (C=O) groups is 1. The third-order valence-electron chi connectivity index (χ3n) is 6.54. The van der Waals surface area contributed by atoms with Gasteiger partial charge in [0, 0.05) is 49.5 Å². The van der Waals surface area contributed by atoms with E-state index < -0.39 is 15.6 Å². The lowest BCUT2D eigenvalue weighted by atomic mass is 9.84. The first-order chi connectivity index (χ1) is 16.2. The van der Waals surface area contributed by atoms with Gasteiger partial charge in [-0.05, 0) is 43.4 Å². The van der Waals surface area contributed by atoms with Crippen LogP contribution in [-0.4, -0.2) is 48.4 Å². The highest BCUT2D eigenvalue weighted by molar-refractivity contribution is 7.92. The molecule has 1 amide bonds. The lowest BCUT2D eigenvalue weighted by Crippen LogP contribution is -2.46. The molecule has 182 valence electrons. The molecular formula is C23H31N7O3S. The molecule has 11 heteroatoms. The number of benzene rings is 1. The smallest absolute Gasteiger partial charge is 0.229 e. The summed E-state index contributed by atoms with van der Waals surface area (Å²) in [5.41, 5.74) is 7.87. The molecule has 1 aliphatic carbocycles. The number of sulfonamides is 1. The van der Waals surface area contributed by atoms with Gasteiger partial charge >= 0.3 is 0 Å². The zero-order chi connectivity index (χ0) is 24.3. The maximum absolute atomic E-state index is 12.2. The number of nitrogens with zero attached hydrogens (tertiary/aromatic N) is 4. The van der Waals surface area contributed by atoms with Crippen molar-refractivity contribution < 1.29 is 13.2 Å². The van der Waals surface area contributed by atoms with Crippen LogP contribution in [0.5, 0.6) is 0 Å². The quantitative estimate of drug-likeness (QED) is 0.492. The summed E-state index contributed by atoms with van der Waals surface area (Å²) in [6, 6.07) is 9.68. The molecule has 0 bridgehead atoms. The molecule has 4 rings (SSSR count). The van der Waals surface area contributed by atoms with Crippen molar-refractivity contribution in [1.82, 2.24) is 14.7 Å². The van der Waals surface area contributed by atoms with E-state index in [0.717, 1.165) is 62.7 Å². The van der Waals surface area contributed by atoms with E-state index in [1.165, 1.54) is 0 Å². The van der Waals surface area contributed by atoms with E-state index in [4.69, 9.17) is 5.73 Å². The van der Waals surface area contributed by atoms with E-state index in [1.807, 2.05) is 23.0 Å². The number of nitrogens with one attached hydrogen (secondary N) is 2. The number of likely N-dealkylation sites (tertiary alicyclic amines) is 1. The molecule has 4 N–H and O–H groups in total. The van der Waals surface area contributed by atoms with Crippen LogP contribution in [0.3, 0.4) is 0 Å². The summed E-state index contributed by atoms with van der Waals surface area (Å²) >= 11 is 0. The van der Waals surface area contributed by atoms with Crippen LogP contribution in [0, 0.1) is 17.2 Å². The van der Waals surface area contributed by atoms with Crippen LogP contribution in [0.1, 0.15) is 43.2 Å². The number of amides is 1. The number of rotatable bonds is 9. The van der Waals surface area contributed by atoms with Gasteiger partial charge in [-0.3, -0.25) is 19.1 Å². The van der Waals surface area contributed by atoms with Gasteiger partial charge in [-0.1, -0.05) is 12.1 Å². The zero-order valence-electron chi connectivity index (χ0n) is 19.3. The predicted molar refractivity (Wildman–Crippen MR) is 129 cm³/mol. The Bertz CT molecular complexity index is 1170. The molecular weight excluding hydrogens is 454 g/mol. The minimum Gasteiger partial charge on any atom is -0.326 e. The zero-order valence-corrected chi connectivity index (χ0v) is 20.1. The minimum absolute atomic E-state index is 0.0122. The first-order valence-corrected chi connectivity index (χ1v) is 13.4. The summed E-state index contributed by atoms with van der Waals surface area (Å²) in [6.07, 6.45) is 6.65. The van der Waals surface area contributed by atoms with Gasteiger partial charge in [-0.25, -0.2) is 8.42 Å². The Morgan fingerprint density at radius 1 is 1.26 bits per heavy atom. The fourth-order valence-electron chi connectivity index (χ4n) is 4.38. The Balaban J connectivity index is 1.43. The maximum Gasteiger partial charge on any atom is 0.229 e. The van der Waals surface area contributed by atoms with Crippen molar-refractivity contribution >= 4 is 27.4 Å². The Kier molecular flexibility index (Phi) is 6.93. The van der Waals surface area contributed by atoms with Crippen LogP contribution in [0.15, 0.2) is 30.5 Å². The van der Waals surface area contributed by atoms with Crippen LogP contribution in [0.2, 0.25) is 0 Å². The van der Waals surface area contributed by atoms with E-state index >= 15 is 0 Å². The van der Waals surface area contributed by atoms with Gasteiger partial charge in [-0.15, -0.1) is 0 Å². The van der Waals surface area contributed by atoms with Crippen molar-refractivity contribution in [3.8, 4) is 6.07 Å². The summed E-state index contributed by atoms with van der Waals surface area (Å²) in [4.78, 5) is 14.6. The molecule has 0 spiro atoms. The summed E-state index contributed by atoms with van der Waals surface area (Å²) in [5, 5.41) is 17.2. The third kappa shape index (κ3) is 5.75. The maximum atomic E-state index is 12.2. The lowest BCUT2D eigenvalue weighted by molar-refractivity contribution is -0.117. The topological polar surface area (TPSA) is 146 Å². The highest BCUT2D eigenvalue weighted by Crippen LogP contribution is 2.36. The van der Waals surface area contributed by atoms with E-state index in [0.29, 0.717) is 17.9 Å². The Morgan fingerprint density at radius 3 is 2.50 bits per heavy atom. The Labute approximate surface area is 200 Å². The molecule has 1 aliphatic heterocycles. The highest BCUT2D eigenvalue weighted by Gasteiger charge is 2.38. The van der Waals surface area contributed by atoms with Gasteiger partial charge in [0.15, 0.2) is 5.82 Å². The van der Waals surface area contributed by atoms with Gasteiger partial charge in [0.1, 0.15) is 0 Å². The predicted octanol–water partition coefficient (Wildman–Crippen LogP) is 1.97. The average molecular weight is 486 g/mol. The number of hydrogen-bond acceptors (Lipinski definition) is 7. The van der Waals surface area contributed by atoms with Gasteiger partial charge in [0.05, 0.1) is 24.3 Å². The summed E-state index contributed by atoms with van der Waals surface area (Å²) < 4.78 is 27.1. The number of aromatic nitrogens is 2. The molecule has 1 saturated heterocycles. The van der Waals surface area contributed by atoms with Gasteiger partial charge < -0.3 is 11.1 Å². The molecule has 2 heterocycles. The van der Waals surface area contributed by atoms with Crippen LogP contribution >= 0.6 is 0 Å². The number of anilines is 2. The van der Waals surface area contributed by atoms with E-state index in [1.54, 1.807) is 12.1 Å². The number of hydrogen-bond donors (Lipinski definition) is 3. The number of nitrogens with two attached hydrogens (primary N) is 1. The number of piperidine rings is 1. The molecule has 0 radical (unpaired) electrons. The molecule has 2 fully saturated rings. The Morgan fingerprint density at radius 2 is 1.94 bits per heavy atom. The summed E-state index contributed by atoms with van der Waals surface area (Å²) in [5.74, 6) is 0.562. The fourth-order valence-corrected chi connectivity index (χ4v) is 4.95. The SMILES string of the molecule is CS(=O)(=O)Nc1ccc(CN2CCC(CC#N)(n3cc(CN)c(NC(=O)C4CC4)n3)CC2)cc1. The van der Waals surface area contributed by atoms with Gasteiger partial charge in [0.2, 0.25) is 15.9 Å². The molecule has 1 aromatic heterocycles. The van der Waals surface area contributed by atoms with Crippen molar-refractivity contribution in [2.75, 3.05) is 29.4 Å². The first kappa shape index (κ1) is 24.2. The molecule has 2 aliphatic rings. The van der Waals surface area contributed by atoms with Crippen molar-refractivity contribution in [1.29, 1.82) is 5.26 Å². The van der Waals surface area contributed by atoms with Crippen LogP contribution in [0.4, 0.5) is 11.5 Å². The van der Waals surface area contributed by atoms with Crippen molar-refractivity contribution in [2.24, 2.45) is 11.7 Å². The van der Waals surface area contributed by atoms with Crippen molar-refractivity contribution in [3.05, 3.63) is 41.6 Å².